The monoisotopic (exact) mass is 513 g/mol. The average molecular weight is 514 g/mol. The number of rotatable bonds is 5. The van der Waals surface area contributed by atoms with Gasteiger partial charge in [-0.05, 0) is 56.2 Å². The number of amides is 1. The largest absolute Gasteiger partial charge is 0.341 e. The SMILES string of the molecule is CC(=O)Nc1c(Cl)c(-c2cc3c(s2)C(N=[N+]=[N-])CCC3)c(F)c2c1c(=O)c(C(C)=O)cn2C1CC1. The first kappa shape index (κ1) is 23.5. The van der Waals surface area contributed by atoms with Crippen LogP contribution in [0.1, 0.15) is 72.4 Å². The smallest absolute Gasteiger partial charge is 0.221 e. The van der Waals surface area contributed by atoms with Gasteiger partial charge in [0.1, 0.15) is 0 Å². The van der Waals surface area contributed by atoms with E-state index in [0.29, 0.717) is 11.3 Å². The zero-order valence-corrected chi connectivity index (χ0v) is 20.6. The molecule has 1 unspecified atom stereocenters. The predicted octanol–water partition coefficient (Wildman–Crippen LogP) is 6.71. The summed E-state index contributed by atoms with van der Waals surface area (Å²) in [5, 5.41) is 6.29. The molecule has 2 aliphatic carbocycles. The number of Topliss-reactive ketones (excluding diaryl/α,β-unsaturated/α-hetero) is 1. The number of aryl methyl sites for hydroxylation is 1. The Hall–Kier alpha value is -3.20. The number of pyridine rings is 1. The number of carbonyl (C=O) groups excluding carboxylic acids is 2. The van der Waals surface area contributed by atoms with Crippen LogP contribution in [0.2, 0.25) is 5.02 Å². The van der Waals surface area contributed by atoms with Crippen molar-refractivity contribution in [1.82, 2.24) is 4.57 Å². The normalized spacial score (nSPS) is 17.1. The summed E-state index contributed by atoms with van der Waals surface area (Å²) in [5.74, 6) is -1.61. The van der Waals surface area contributed by atoms with Gasteiger partial charge in [0, 0.05) is 33.8 Å². The number of aromatic nitrogens is 1. The quantitative estimate of drug-likeness (QED) is 0.177. The molecular formula is C24H21ClFN5O3S. The molecule has 0 bridgehead atoms. The molecule has 11 heteroatoms. The molecule has 1 amide bonds. The Balaban J connectivity index is 1.88. The number of thiophene rings is 1. The summed E-state index contributed by atoms with van der Waals surface area (Å²) in [6.45, 7) is 2.55. The fraction of sp³-hybridized carbons (Fsp3) is 0.375. The number of nitrogens with zero attached hydrogens (tertiary/aromatic N) is 4. The molecule has 2 heterocycles. The number of nitrogens with one attached hydrogen (secondary N) is 1. The van der Waals surface area contributed by atoms with Crippen molar-refractivity contribution in [3.63, 3.8) is 0 Å². The van der Waals surface area contributed by atoms with E-state index in [1.165, 1.54) is 31.4 Å². The Kier molecular flexibility index (Phi) is 5.91. The number of fused-ring (bicyclic) bond motifs is 2. The maximum absolute atomic E-state index is 16.4. The van der Waals surface area contributed by atoms with Gasteiger partial charge in [-0.1, -0.05) is 16.7 Å². The second kappa shape index (κ2) is 8.78. The molecule has 0 saturated heterocycles. The van der Waals surface area contributed by atoms with Crippen molar-refractivity contribution in [2.75, 3.05) is 5.32 Å². The molecule has 2 aliphatic rings. The minimum Gasteiger partial charge on any atom is -0.341 e. The van der Waals surface area contributed by atoms with Gasteiger partial charge in [0.15, 0.2) is 11.6 Å². The molecule has 0 aliphatic heterocycles. The van der Waals surface area contributed by atoms with Gasteiger partial charge in [-0.25, -0.2) is 4.39 Å². The lowest BCUT2D eigenvalue weighted by atomic mass is 9.94. The summed E-state index contributed by atoms with van der Waals surface area (Å²) in [4.78, 5) is 42.0. The van der Waals surface area contributed by atoms with Crippen molar-refractivity contribution in [1.29, 1.82) is 0 Å². The maximum Gasteiger partial charge on any atom is 0.221 e. The third-order valence-corrected chi connectivity index (χ3v) is 8.15. The zero-order valence-electron chi connectivity index (χ0n) is 19.0. The molecule has 2 aromatic heterocycles. The molecule has 1 N–H and O–H groups in total. The topological polar surface area (TPSA) is 117 Å². The van der Waals surface area contributed by atoms with Crippen molar-refractivity contribution >= 4 is 51.2 Å². The van der Waals surface area contributed by atoms with E-state index in [1.807, 2.05) is 6.07 Å². The highest BCUT2D eigenvalue weighted by Crippen LogP contribution is 2.49. The van der Waals surface area contributed by atoms with Gasteiger partial charge in [-0.15, -0.1) is 11.3 Å². The minimum atomic E-state index is -0.683. The van der Waals surface area contributed by atoms with E-state index in [1.54, 1.807) is 4.57 Å². The van der Waals surface area contributed by atoms with Crippen LogP contribution in [-0.4, -0.2) is 16.3 Å². The zero-order chi connectivity index (χ0) is 25.0. The van der Waals surface area contributed by atoms with Crippen LogP contribution < -0.4 is 10.7 Å². The van der Waals surface area contributed by atoms with Crippen LogP contribution in [0, 0.1) is 5.82 Å². The highest BCUT2D eigenvalue weighted by molar-refractivity contribution is 7.15. The van der Waals surface area contributed by atoms with Gasteiger partial charge in [-0.3, -0.25) is 14.4 Å². The Morgan fingerprint density at radius 3 is 2.69 bits per heavy atom. The van der Waals surface area contributed by atoms with E-state index >= 15 is 4.39 Å². The van der Waals surface area contributed by atoms with Crippen molar-refractivity contribution in [2.24, 2.45) is 5.11 Å². The van der Waals surface area contributed by atoms with Gasteiger partial charge in [0.2, 0.25) is 11.3 Å². The molecule has 35 heavy (non-hydrogen) atoms. The van der Waals surface area contributed by atoms with Crippen LogP contribution in [0.25, 0.3) is 31.8 Å². The standard InChI is InChI=1S/C24H21ClFN5O3S/c1-10(32)14-9-31(13-6-7-13)22-18(23(14)34)21(28-11(2)33)19(25)17(20(22)26)16-8-12-4-3-5-15(29-30-27)24(12)35-16/h8-9,13,15H,3-7H2,1-2H3,(H,28,33). The molecule has 0 radical (unpaired) electrons. The van der Waals surface area contributed by atoms with Crippen LogP contribution in [0.4, 0.5) is 10.1 Å². The number of azide groups is 1. The second-order valence-electron chi connectivity index (χ2n) is 8.96. The first-order valence-corrected chi connectivity index (χ1v) is 12.5. The van der Waals surface area contributed by atoms with Gasteiger partial charge >= 0.3 is 0 Å². The number of hydrogen-bond donors (Lipinski definition) is 1. The number of halogens is 2. The average Bonchev–Trinajstić information content (AvgIpc) is 3.55. The Bertz CT molecular complexity index is 1530. The van der Waals surface area contributed by atoms with Crippen LogP contribution >= 0.6 is 22.9 Å². The predicted molar refractivity (Wildman–Crippen MR) is 134 cm³/mol. The lowest BCUT2D eigenvalue weighted by Crippen LogP contribution is -2.21. The minimum absolute atomic E-state index is 0.00830. The molecule has 8 nitrogen and oxygen atoms in total. The van der Waals surface area contributed by atoms with Crippen LogP contribution in [0.15, 0.2) is 22.2 Å². The van der Waals surface area contributed by atoms with Crippen LogP contribution in [-0.2, 0) is 11.2 Å². The first-order chi connectivity index (χ1) is 16.7. The summed E-state index contributed by atoms with van der Waals surface area (Å²) >= 11 is 8.02. The van der Waals surface area contributed by atoms with Gasteiger partial charge < -0.3 is 9.88 Å². The molecule has 0 spiro atoms. The van der Waals surface area contributed by atoms with Gasteiger partial charge in [-0.2, -0.15) is 0 Å². The van der Waals surface area contributed by atoms with Crippen molar-refractivity contribution in [2.45, 2.75) is 58.0 Å². The van der Waals surface area contributed by atoms with E-state index in [4.69, 9.17) is 17.1 Å². The summed E-state index contributed by atoms with van der Waals surface area (Å²) < 4.78 is 18.0. The van der Waals surface area contributed by atoms with Gasteiger partial charge in [0.25, 0.3) is 0 Å². The lowest BCUT2D eigenvalue weighted by molar-refractivity contribution is -0.114. The number of hydrogen-bond acceptors (Lipinski definition) is 5. The number of benzene rings is 1. The highest BCUT2D eigenvalue weighted by atomic mass is 35.5. The van der Waals surface area contributed by atoms with Crippen molar-refractivity contribution < 1.29 is 14.0 Å². The molecule has 1 aromatic carbocycles. The van der Waals surface area contributed by atoms with E-state index < -0.39 is 22.9 Å². The summed E-state index contributed by atoms with van der Waals surface area (Å²) in [6.07, 6.45) is 5.29. The molecule has 3 aromatic rings. The highest BCUT2D eigenvalue weighted by Gasteiger charge is 2.33. The van der Waals surface area contributed by atoms with Crippen LogP contribution in [0.5, 0.6) is 0 Å². The fourth-order valence-electron chi connectivity index (χ4n) is 4.77. The Morgan fingerprint density at radius 2 is 2.06 bits per heavy atom. The summed E-state index contributed by atoms with van der Waals surface area (Å²) in [5.41, 5.74) is 9.26. The van der Waals surface area contributed by atoms with Crippen molar-refractivity contribution in [3.8, 4) is 10.4 Å². The molecule has 1 saturated carbocycles. The molecule has 180 valence electrons. The summed E-state index contributed by atoms with van der Waals surface area (Å²) in [6, 6.07) is 1.45. The second-order valence-corrected chi connectivity index (χ2v) is 10.4. The van der Waals surface area contributed by atoms with Crippen molar-refractivity contribution in [3.05, 3.63) is 59.8 Å². The molecule has 5 rings (SSSR count). The number of carbonyl (C=O) groups is 2. The third-order valence-electron chi connectivity index (χ3n) is 6.48. The van der Waals surface area contributed by atoms with Gasteiger partial charge in [0.05, 0.1) is 38.8 Å². The van der Waals surface area contributed by atoms with E-state index in [2.05, 4.69) is 15.3 Å². The Labute approximate surface area is 208 Å². The first-order valence-electron chi connectivity index (χ1n) is 11.3. The fourth-order valence-corrected chi connectivity index (χ4v) is 6.48. The number of ketones is 1. The van der Waals surface area contributed by atoms with Crippen LogP contribution in [0.3, 0.4) is 0 Å². The number of anilines is 1. The molecular weight excluding hydrogens is 493 g/mol. The maximum atomic E-state index is 16.4. The van der Waals surface area contributed by atoms with E-state index in [-0.39, 0.29) is 44.8 Å². The summed E-state index contributed by atoms with van der Waals surface area (Å²) in [7, 11) is 0. The molecule has 1 fully saturated rings. The lowest BCUT2D eigenvalue weighted by Gasteiger charge is -2.19. The van der Waals surface area contributed by atoms with E-state index in [0.717, 1.165) is 36.1 Å². The third kappa shape index (κ3) is 3.91. The Morgan fingerprint density at radius 1 is 1.31 bits per heavy atom. The van der Waals surface area contributed by atoms with E-state index in [9.17, 15) is 14.4 Å². The molecule has 1 atom stereocenters.